The van der Waals surface area contributed by atoms with Crippen LogP contribution in [0, 0.1) is 0 Å². The minimum Gasteiger partial charge on any atom is -0.508 e. The number of hydrogen-bond donors (Lipinski definition) is 2. The van der Waals surface area contributed by atoms with Crippen molar-refractivity contribution in [3.8, 4) is 33.9 Å². The summed E-state index contributed by atoms with van der Waals surface area (Å²) in [6, 6.07) is 25.7. The molecule has 4 aromatic rings. The van der Waals surface area contributed by atoms with Gasteiger partial charge in [-0.1, -0.05) is 42.5 Å². The third-order valence-corrected chi connectivity index (χ3v) is 5.93. The standard InChI is InChI=1S/C29H24N2O4/c32-24-8-4-7-20(16-24)23-17-25(19-5-2-1-3-6-19)30-28(18-23)31-29(34)12-10-26(33)21-9-11-27-22(15-21)13-14-35-27/h1-9,11,15-18,32H,10,12-14H2,(H,30,31,34). The van der Waals surface area contributed by atoms with Crippen molar-refractivity contribution >= 4 is 17.5 Å². The number of aromatic nitrogens is 1. The van der Waals surface area contributed by atoms with Crippen LogP contribution in [0.15, 0.2) is 84.9 Å². The number of phenolic OH excluding ortho intramolecular Hbond substituents is 1. The van der Waals surface area contributed by atoms with Gasteiger partial charge in [0.15, 0.2) is 5.78 Å². The highest BCUT2D eigenvalue weighted by Gasteiger charge is 2.16. The zero-order valence-electron chi connectivity index (χ0n) is 19.0. The molecule has 1 amide bonds. The number of pyridine rings is 1. The summed E-state index contributed by atoms with van der Waals surface area (Å²) in [5, 5.41) is 12.8. The van der Waals surface area contributed by atoms with E-state index in [4.69, 9.17) is 4.74 Å². The molecule has 0 saturated carbocycles. The van der Waals surface area contributed by atoms with Gasteiger partial charge in [0.05, 0.1) is 12.3 Å². The Balaban J connectivity index is 1.33. The number of aromatic hydroxyl groups is 1. The van der Waals surface area contributed by atoms with Gasteiger partial charge < -0.3 is 15.2 Å². The first-order chi connectivity index (χ1) is 17.0. The molecule has 0 bridgehead atoms. The maximum Gasteiger partial charge on any atom is 0.225 e. The van der Waals surface area contributed by atoms with E-state index in [1.165, 1.54) is 0 Å². The van der Waals surface area contributed by atoms with E-state index in [1.807, 2.05) is 54.6 Å². The molecule has 0 saturated heterocycles. The van der Waals surface area contributed by atoms with Crippen molar-refractivity contribution in [1.29, 1.82) is 0 Å². The summed E-state index contributed by atoms with van der Waals surface area (Å²) in [6.07, 6.45) is 0.941. The number of fused-ring (bicyclic) bond motifs is 1. The van der Waals surface area contributed by atoms with Crippen molar-refractivity contribution in [2.75, 3.05) is 11.9 Å². The first-order valence-electron chi connectivity index (χ1n) is 11.5. The molecule has 1 aliphatic rings. The molecule has 35 heavy (non-hydrogen) atoms. The summed E-state index contributed by atoms with van der Waals surface area (Å²) in [6.45, 7) is 0.634. The highest BCUT2D eigenvalue weighted by Crippen LogP contribution is 2.30. The molecule has 5 rings (SSSR count). The molecule has 0 fully saturated rings. The first kappa shape index (κ1) is 22.3. The summed E-state index contributed by atoms with van der Waals surface area (Å²) >= 11 is 0. The third-order valence-electron chi connectivity index (χ3n) is 5.93. The molecular weight excluding hydrogens is 440 g/mol. The number of Topliss-reactive ketones (excluding diaryl/α,β-unsaturated/α-hetero) is 1. The number of ether oxygens (including phenoxy) is 1. The molecule has 174 valence electrons. The molecule has 3 aromatic carbocycles. The number of nitrogens with one attached hydrogen (secondary N) is 1. The van der Waals surface area contributed by atoms with E-state index in [-0.39, 0.29) is 30.3 Å². The second-order valence-corrected chi connectivity index (χ2v) is 8.43. The average molecular weight is 465 g/mol. The number of carbonyl (C=O) groups is 2. The van der Waals surface area contributed by atoms with Gasteiger partial charge in [0.2, 0.25) is 5.91 Å². The van der Waals surface area contributed by atoms with Crippen molar-refractivity contribution in [3.63, 3.8) is 0 Å². The number of hydrogen-bond acceptors (Lipinski definition) is 5. The second-order valence-electron chi connectivity index (χ2n) is 8.43. The fraction of sp³-hybridized carbons (Fsp3) is 0.138. The van der Waals surface area contributed by atoms with Crippen molar-refractivity contribution in [1.82, 2.24) is 4.98 Å². The summed E-state index contributed by atoms with van der Waals surface area (Å²) < 4.78 is 5.49. The summed E-state index contributed by atoms with van der Waals surface area (Å²) in [4.78, 5) is 30.0. The van der Waals surface area contributed by atoms with E-state index >= 15 is 0 Å². The summed E-state index contributed by atoms with van der Waals surface area (Å²) in [5.74, 6) is 0.995. The summed E-state index contributed by atoms with van der Waals surface area (Å²) in [7, 11) is 0. The Bertz CT molecular complexity index is 1400. The smallest absolute Gasteiger partial charge is 0.225 e. The van der Waals surface area contributed by atoms with Crippen LogP contribution < -0.4 is 10.1 Å². The lowest BCUT2D eigenvalue weighted by atomic mass is 10.0. The molecule has 2 N–H and O–H groups in total. The van der Waals surface area contributed by atoms with Gasteiger partial charge in [-0.3, -0.25) is 9.59 Å². The molecule has 0 aliphatic carbocycles. The van der Waals surface area contributed by atoms with Crippen molar-refractivity contribution in [2.24, 2.45) is 0 Å². The van der Waals surface area contributed by atoms with E-state index in [9.17, 15) is 14.7 Å². The van der Waals surface area contributed by atoms with Crippen LogP contribution in [0.1, 0.15) is 28.8 Å². The third kappa shape index (κ3) is 5.22. The number of carbonyl (C=O) groups excluding carboxylic acids is 2. The monoisotopic (exact) mass is 464 g/mol. The highest BCUT2D eigenvalue weighted by atomic mass is 16.5. The fourth-order valence-electron chi connectivity index (χ4n) is 4.14. The molecule has 6 heteroatoms. The minimum atomic E-state index is -0.289. The van der Waals surface area contributed by atoms with Gasteiger partial charge in [-0.2, -0.15) is 0 Å². The van der Waals surface area contributed by atoms with Crippen LogP contribution in [0.5, 0.6) is 11.5 Å². The fourth-order valence-corrected chi connectivity index (χ4v) is 4.14. The first-order valence-corrected chi connectivity index (χ1v) is 11.5. The molecule has 0 atom stereocenters. The van der Waals surface area contributed by atoms with Crippen molar-refractivity contribution in [2.45, 2.75) is 19.3 Å². The SMILES string of the molecule is O=C(CCC(=O)c1ccc2c(c1)CCO2)Nc1cc(-c2cccc(O)c2)cc(-c2ccccc2)n1. The molecule has 1 aromatic heterocycles. The van der Waals surface area contributed by atoms with E-state index < -0.39 is 0 Å². The van der Waals surface area contributed by atoms with Gasteiger partial charge in [0.1, 0.15) is 17.3 Å². The topological polar surface area (TPSA) is 88.5 Å². The van der Waals surface area contributed by atoms with E-state index in [0.717, 1.165) is 34.4 Å². The van der Waals surface area contributed by atoms with Crippen LogP contribution in [-0.2, 0) is 11.2 Å². The maximum atomic E-state index is 12.7. The van der Waals surface area contributed by atoms with Crippen LogP contribution in [0.3, 0.4) is 0 Å². The number of ketones is 1. The Kier molecular flexibility index (Phi) is 6.26. The van der Waals surface area contributed by atoms with Crippen molar-refractivity contribution < 1.29 is 19.4 Å². The van der Waals surface area contributed by atoms with Crippen LogP contribution in [0.2, 0.25) is 0 Å². The molecular formula is C29H24N2O4. The van der Waals surface area contributed by atoms with E-state index in [2.05, 4.69) is 10.3 Å². The maximum absolute atomic E-state index is 12.7. The van der Waals surface area contributed by atoms with Gasteiger partial charge in [-0.05, 0) is 59.2 Å². The van der Waals surface area contributed by atoms with Crippen LogP contribution >= 0.6 is 0 Å². The van der Waals surface area contributed by atoms with Gasteiger partial charge in [0.25, 0.3) is 0 Å². The molecule has 1 aliphatic heterocycles. The average Bonchev–Trinajstić information content (AvgIpc) is 3.36. The number of benzene rings is 3. The van der Waals surface area contributed by atoms with Gasteiger partial charge in [-0.15, -0.1) is 0 Å². The Morgan fingerprint density at radius 3 is 2.51 bits per heavy atom. The zero-order valence-corrected chi connectivity index (χ0v) is 19.0. The number of rotatable bonds is 7. The van der Waals surface area contributed by atoms with Crippen LogP contribution in [0.25, 0.3) is 22.4 Å². The molecule has 0 spiro atoms. The lowest BCUT2D eigenvalue weighted by Gasteiger charge is -2.11. The van der Waals surface area contributed by atoms with Gasteiger partial charge >= 0.3 is 0 Å². The normalized spacial score (nSPS) is 12.0. The van der Waals surface area contributed by atoms with E-state index in [1.54, 1.807) is 30.3 Å². The molecule has 6 nitrogen and oxygen atoms in total. The number of amides is 1. The lowest BCUT2D eigenvalue weighted by Crippen LogP contribution is -2.14. The van der Waals surface area contributed by atoms with Crippen molar-refractivity contribution in [3.05, 3.63) is 96.1 Å². The highest BCUT2D eigenvalue weighted by molar-refractivity contribution is 6.00. The number of nitrogens with zero attached hydrogens (tertiary/aromatic N) is 1. The molecule has 2 heterocycles. The Hall–Kier alpha value is -4.45. The Morgan fingerprint density at radius 1 is 0.857 bits per heavy atom. The molecule has 0 radical (unpaired) electrons. The predicted molar refractivity (Wildman–Crippen MR) is 135 cm³/mol. The van der Waals surface area contributed by atoms with Crippen LogP contribution in [0.4, 0.5) is 5.82 Å². The quantitative estimate of drug-likeness (QED) is 0.345. The number of anilines is 1. The Morgan fingerprint density at radius 2 is 1.69 bits per heavy atom. The summed E-state index contributed by atoms with van der Waals surface area (Å²) in [5.41, 5.74) is 4.83. The zero-order chi connectivity index (χ0) is 24.2. The Labute approximate surface area is 203 Å². The van der Waals surface area contributed by atoms with E-state index in [0.29, 0.717) is 23.7 Å². The second kappa shape index (κ2) is 9.81. The van der Waals surface area contributed by atoms with Gasteiger partial charge in [-0.25, -0.2) is 4.98 Å². The predicted octanol–water partition coefficient (Wildman–Crippen LogP) is 5.66. The minimum absolute atomic E-state index is 0.0467. The molecule has 0 unspecified atom stereocenters. The largest absolute Gasteiger partial charge is 0.508 e. The van der Waals surface area contributed by atoms with Crippen LogP contribution in [-0.4, -0.2) is 28.4 Å². The lowest BCUT2D eigenvalue weighted by molar-refractivity contribution is -0.116. The number of phenols is 1. The van der Waals surface area contributed by atoms with Gasteiger partial charge in [0, 0.05) is 30.4 Å².